The van der Waals surface area contributed by atoms with Crippen LogP contribution in [0.15, 0.2) is 54.6 Å². The van der Waals surface area contributed by atoms with E-state index in [4.69, 9.17) is 21.3 Å². The van der Waals surface area contributed by atoms with Gasteiger partial charge in [0.25, 0.3) is 0 Å². The molecule has 5 nitrogen and oxygen atoms in total. The lowest BCUT2D eigenvalue weighted by atomic mass is 10.1. The monoisotopic (exact) mass is 401 g/mol. The number of methoxy groups -OCH3 is 1. The van der Waals surface area contributed by atoms with Crippen molar-refractivity contribution >= 4 is 50.3 Å². The summed E-state index contributed by atoms with van der Waals surface area (Å²) in [5.41, 5.74) is 5.05. The first-order valence-electron chi connectivity index (χ1n) is 9.13. The first-order chi connectivity index (χ1) is 14.1. The Bertz CT molecular complexity index is 1440. The van der Waals surface area contributed by atoms with Gasteiger partial charge in [0, 0.05) is 21.7 Å². The number of ether oxygens (including phenoxy) is 1. The minimum absolute atomic E-state index is 0.225. The topological polar surface area (TPSA) is 67.9 Å². The van der Waals surface area contributed by atoms with Gasteiger partial charge >= 0.3 is 5.97 Å². The van der Waals surface area contributed by atoms with Crippen molar-refractivity contribution in [1.82, 2.24) is 15.0 Å². The smallest absolute Gasteiger partial charge is 0.356 e. The Kier molecular flexibility index (Phi) is 4.00. The summed E-state index contributed by atoms with van der Waals surface area (Å²) in [6.07, 6.45) is 0. The molecule has 142 valence electrons. The zero-order valence-electron chi connectivity index (χ0n) is 15.8. The van der Waals surface area contributed by atoms with Gasteiger partial charge in [0.05, 0.1) is 28.9 Å². The fourth-order valence-corrected chi connectivity index (χ4v) is 3.98. The molecule has 0 aliphatic carbocycles. The lowest BCUT2D eigenvalue weighted by Crippen LogP contribution is -2.05. The molecule has 5 aromatic rings. The zero-order chi connectivity index (χ0) is 20.1. The number of para-hydroxylation sites is 2. The third kappa shape index (κ3) is 2.74. The van der Waals surface area contributed by atoms with Crippen molar-refractivity contribution in [1.29, 1.82) is 0 Å². The number of hydrogen-bond donors (Lipinski definition) is 1. The van der Waals surface area contributed by atoms with Crippen molar-refractivity contribution in [2.75, 3.05) is 7.11 Å². The first kappa shape index (κ1) is 17.6. The van der Waals surface area contributed by atoms with E-state index < -0.39 is 5.97 Å². The normalized spacial score (nSPS) is 11.4. The summed E-state index contributed by atoms with van der Waals surface area (Å²) in [6, 6.07) is 17.3. The van der Waals surface area contributed by atoms with Gasteiger partial charge in [0.15, 0.2) is 0 Å². The standard InChI is InChI=1S/C23H16ClN3O2/c1-12-6-5-8-13-15-10-19(23(28)29-2)26-22(21(15)27-20(12)13)18-11-16(24)14-7-3-4-9-17(14)25-18/h3-11,27H,1-2H3. The second-order valence-electron chi connectivity index (χ2n) is 6.90. The van der Waals surface area contributed by atoms with E-state index in [1.807, 2.05) is 49.4 Å². The highest BCUT2D eigenvalue weighted by atomic mass is 35.5. The number of H-pyrrole nitrogens is 1. The average Bonchev–Trinajstić information content (AvgIpc) is 3.12. The number of hydrogen-bond acceptors (Lipinski definition) is 4. The van der Waals surface area contributed by atoms with E-state index in [1.54, 1.807) is 12.1 Å². The molecule has 0 radical (unpaired) electrons. The maximum atomic E-state index is 12.3. The Labute approximate surface area is 171 Å². The number of pyridine rings is 2. The Hall–Kier alpha value is -3.44. The SMILES string of the molecule is COC(=O)c1cc2c([nH]c3c(C)cccc32)c(-c2cc(Cl)c3ccccc3n2)n1. The molecule has 0 bridgehead atoms. The lowest BCUT2D eigenvalue weighted by molar-refractivity contribution is 0.0594. The van der Waals surface area contributed by atoms with Crippen LogP contribution in [0.4, 0.5) is 0 Å². The molecule has 3 heterocycles. The largest absolute Gasteiger partial charge is 0.464 e. The number of carbonyl (C=O) groups is 1. The summed E-state index contributed by atoms with van der Waals surface area (Å²) in [5, 5.41) is 3.35. The Morgan fingerprint density at radius 1 is 0.966 bits per heavy atom. The predicted octanol–water partition coefficient (Wildman–Crippen LogP) is 5.68. The molecule has 0 amide bonds. The van der Waals surface area contributed by atoms with Crippen LogP contribution in [0.2, 0.25) is 5.02 Å². The van der Waals surface area contributed by atoms with Crippen molar-refractivity contribution in [3.63, 3.8) is 0 Å². The number of halogens is 1. The quantitative estimate of drug-likeness (QED) is 0.386. The van der Waals surface area contributed by atoms with Crippen molar-refractivity contribution < 1.29 is 9.53 Å². The van der Waals surface area contributed by atoms with Crippen LogP contribution in [0.25, 0.3) is 44.1 Å². The molecule has 29 heavy (non-hydrogen) atoms. The first-order valence-corrected chi connectivity index (χ1v) is 9.50. The van der Waals surface area contributed by atoms with Gasteiger partial charge in [0.1, 0.15) is 11.4 Å². The molecule has 1 N–H and O–H groups in total. The van der Waals surface area contributed by atoms with Crippen molar-refractivity contribution in [2.24, 2.45) is 0 Å². The summed E-state index contributed by atoms with van der Waals surface area (Å²) in [6.45, 7) is 2.04. The molecule has 0 unspecified atom stereocenters. The maximum Gasteiger partial charge on any atom is 0.356 e. The maximum absolute atomic E-state index is 12.3. The fourth-order valence-electron chi connectivity index (χ4n) is 3.72. The minimum Gasteiger partial charge on any atom is -0.464 e. The third-order valence-corrected chi connectivity index (χ3v) is 5.45. The number of nitrogens with zero attached hydrogens (tertiary/aromatic N) is 2. The molecule has 0 aliphatic rings. The van der Waals surface area contributed by atoms with Gasteiger partial charge in [-0.25, -0.2) is 14.8 Å². The number of nitrogens with one attached hydrogen (secondary N) is 1. The van der Waals surface area contributed by atoms with Gasteiger partial charge in [-0.3, -0.25) is 0 Å². The van der Waals surface area contributed by atoms with Gasteiger partial charge in [0.2, 0.25) is 0 Å². The number of esters is 1. The highest BCUT2D eigenvalue weighted by molar-refractivity contribution is 6.35. The van der Waals surface area contributed by atoms with Crippen molar-refractivity contribution in [2.45, 2.75) is 6.92 Å². The summed E-state index contributed by atoms with van der Waals surface area (Å²) in [4.78, 5) is 25.1. The van der Waals surface area contributed by atoms with Crippen LogP contribution in [0.5, 0.6) is 0 Å². The highest BCUT2D eigenvalue weighted by Crippen LogP contribution is 2.35. The molecule has 0 saturated heterocycles. The number of aromatic nitrogens is 3. The van der Waals surface area contributed by atoms with E-state index in [0.717, 1.165) is 38.3 Å². The molecular formula is C23H16ClN3O2. The van der Waals surface area contributed by atoms with E-state index in [0.29, 0.717) is 16.4 Å². The molecular weight excluding hydrogens is 386 g/mol. The van der Waals surface area contributed by atoms with Gasteiger partial charge < -0.3 is 9.72 Å². The molecule has 5 rings (SSSR count). The number of carbonyl (C=O) groups excluding carboxylic acids is 1. The second-order valence-corrected chi connectivity index (χ2v) is 7.31. The molecule has 0 atom stereocenters. The highest BCUT2D eigenvalue weighted by Gasteiger charge is 2.19. The molecule has 0 saturated carbocycles. The third-order valence-electron chi connectivity index (χ3n) is 5.14. The summed E-state index contributed by atoms with van der Waals surface area (Å²) in [7, 11) is 1.35. The Morgan fingerprint density at radius 2 is 1.76 bits per heavy atom. The van der Waals surface area contributed by atoms with Gasteiger partial charge in [-0.1, -0.05) is 48.0 Å². The predicted molar refractivity (Wildman–Crippen MR) is 115 cm³/mol. The van der Waals surface area contributed by atoms with Crippen LogP contribution < -0.4 is 0 Å². The summed E-state index contributed by atoms with van der Waals surface area (Å²) in [5.74, 6) is -0.498. The van der Waals surface area contributed by atoms with Crippen LogP contribution in [0.3, 0.4) is 0 Å². The number of benzene rings is 2. The number of aryl methyl sites for hydroxylation is 1. The van der Waals surface area contributed by atoms with Gasteiger partial charge in [-0.2, -0.15) is 0 Å². The minimum atomic E-state index is -0.498. The Balaban J connectivity index is 1.90. The molecule has 2 aromatic carbocycles. The van der Waals surface area contributed by atoms with E-state index in [-0.39, 0.29) is 5.69 Å². The van der Waals surface area contributed by atoms with Crippen molar-refractivity contribution in [3.05, 3.63) is 70.9 Å². The van der Waals surface area contributed by atoms with E-state index in [9.17, 15) is 4.79 Å². The van der Waals surface area contributed by atoms with E-state index >= 15 is 0 Å². The lowest BCUT2D eigenvalue weighted by Gasteiger charge is -2.08. The molecule has 6 heteroatoms. The van der Waals surface area contributed by atoms with Gasteiger partial charge in [-0.15, -0.1) is 0 Å². The Morgan fingerprint density at radius 3 is 2.59 bits per heavy atom. The van der Waals surface area contributed by atoms with Crippen molar-refractivity contribution in [3.8, 4) is 11.4 Å². The second kappa shape index (κ2) is 6.57. The molecule has 0 aliphatic heterocycles. The number of fused-ring (bicyclic) bond motifs is 4. The van der Waals surface area contributed by atoms with E-state index in [2.05, 4.69) is 9.97 Å². The zero-order valence-corrected chi connectivity index (χ0v) is 16.5. The number of aromatic amines is 1. The molecule has 0 spiro atoms. The summed E-state index contributed by atoms with van der Waals surface area (Å²) >= 11 is 6.53. The average molecular weight is 402 g/mol. The van der Waals surface area contributed by atoms with Crippen LogP contribution in [-0.2, 0) is 4.74 Å². The molecule has 0 fully saturated rings. The van der Waals surface area contributed by atoms with Crippen LogP contribution >= 0.6 is 11.6 Å². The van der Waals surface area contributed by atoms with Crippen LogP contribution in [0, 0.1) is 6.92 Å². The fraction of sp³-hybridized carbons (Fsp3) is 0.0870. The van der Waals surface area contributed by atoms with Gasteiger partial charge in [-0.05, 0) is 30.7 Å². The van der Waals surface area contributed by atoms with Crippen LogP contribution in [-0.4, -0.2) is 28.0 Å². The van der Waals surface area contributed by atoms with Crippen LogP contribution in [0.1, 0.15) is 16.1 Å². The van der Waals surface area contributed by atoms with E-state index in [1.165, 1.54) is 7.11 Å². The number of rotatable bonds is 2. The summed E-state index contributed by atoms with van der Waals surface area (Å²) < 4.78 is 4.92. The molecule has 3 aromatic heterocycles.